The van der Waals surface area contributed by atoms with Crippen LogP contribution >= 0.6 is 0 Å². The molecule has 0 fully saturated rings. The molecule has 68 valence electrons. The molecule has 0 radical (unpaired) electrons. The maximum Gasteiger partial charge on any atom is 0.220 e. The molecule has 0 aliphatic carbocycles. The van der Waals surface area contributed by atoms with Gasteiger partial charge in [-0.05, 0) is 19.9 Å². The molecule has 0 saturated carbocycles. The van der Waals surface area contributed by atoms with Gasteiger partial charge in [0, 0.05) is 5.56 Å². The lowest BCUT2D eigenvalue weighted by Gasteiger charge is -1.93. The predicted molar refractivity (Wildman–Crippen MR) is 53.7 cm³/mol. The normalized spacial score (nSPS) is 9.38. The number of rotatable bonds is 1. The third-order valence-electron chi connectivity index (χ3n) is 1.59. The van der Waals surface area contributed by atoms with E-state index in [1.807, 2.05) is 13.8 Å². The highest BCUT2D eigenvalue weighted by atomic mass is 16.3. The van der Waals surface area contributed by atoms with Gasteiger partial charge in [0.25, 0.3) is 0 Å². The van der Waals surface area contributed by atoms with E-state index in [2.05, 4.69) is 0 Å². The van der Waals surface area contributed by atoms with Crippen LogP contribution in [0.4, 0.5) is 0 Å². The fourth-order valence-corrected chi connectivity index (χ4v) is 1.03. The number of aromatic hydroxyl groups is 1. The molecule has 0 aliphatic rings. The molecule has 1 aromatic carbocycles. The molecule has 2 heteroatoms. The van der Waals surface area contributed by atoms with Crippen molar-refractivity contribution < 1.29 is 5.11 Å². The van der Waals surface area contributed by atoms with Crippen molar-refractivity contribution in [1.29, 1.82) is 0 Å². The van der Waals surface area contributed by atoms with Gasteiger partial charge in [0.1, 0.15) is 0 Å². The van der Waals surface area contributed by atoms with Crippen molar-refractivity contribution in [3.05, 3.63) is 45.6 Å². The third-order valence-corrected chi connectivity index (χ3v) is 1.59. The molecule has 0 unspecified atom stereocenters. The average Bonchev–Trinajstić information content (AvgIpc) is 2.19. The Morgan fingerprint density at radius 2 is 1.92 bits per heavy atom. The predicted octanol–water partition coefficient (Wildman–Crippen LogP) is 2.18. The van der Waals surface area contributed by atoms with Crippen LogP contribution in [-0.4, -0.2) is 5.11 Å². The molecule has 0 atom stereocenters. The zero-order chi connectivity index (χ0) is 9.84. The highest BCUT2D eigenvalue weighted by Crippen LogP contribution is 2.13. The second kappa shape index (κ2) is 3.90. The summed E-state index contributed by atoms with van der Waals surface area (Å²) in [5.41, 5.74) is 1.26. The van der Waals surface area contributed by atoms with E-state index in [4.69, 9.17) is 0 Å². The van der Waals surface area contributed by atoms with Gasteiger partial charge in [-0.15, -0.1) is 0 Å². The lowest BCUT2D eigenvalue weighted by Crippen LogP contribution is -1.94. The Morgan fingerprint density at radius 1 is 1.31 bits per heavy atom. The monoisotopic (exact) mass is 176 g/mol. The maximum absolute atomic E-state index is 11.1. The Morgan fingerprint density at radius 3 is 2.54 bits per heavy atom. The van der Waals surface area contributed by atoms with Crippen molar-refractivity contribution in [3.63, 3.8) is 0 Å². The summed E-state index contributed by atoms with van der Waals surface area (Å²) in [5, 5.41) is 9.45. The van der Waals surface area contributed by atoms with Crippen LogP contribution < -0.4 is 5.43 Å². The Balaban J connectivity index is 3.41. The highest BCUT2D eigenvalue weighted by molar-refractivity contribution is 5.57. The summed E-state index contributed by atoms with van der Waals surface area (Å²) >= 11 is 0. The smallest absolute Gasteiger partial charge is 0.220 e. The van der Waals surface area contributed by atoms with Gasteiger partial charge >= 0.3 is 0 Å². The largest absolute Gasteiger partial charge is 0.504 e. The summed E-state index contributed by atoms with van der Waals surface area (Å²) in [6.45, 7) is 3.83. The van der Waals surface area contributed by atoms with E-state index in [-0.39, 0.29) is 11.2 Å². The van der Waals surface area contributed by atoms with E-state index in [1.165, 1.54) is 6.07 Å². The SMILES string of the molecule is CC(C)=Cc1ccccc(=O)c1O. The van der Waals surface area contributed by atoms with Crippen LogP contribution in [0.1, 0.15) is 19.4 Å². The lowest BCUT2D eigenvalue weighted by atomic mass is 10.2. The molecular weight excluding hydrogens is 164 g/mol. The van der Waals surface area contributed by atoms with E-state index in [0.29, 0.717) is 5.56 Å². The molecule has 1 aromatic rings. The quantitative estimate of drug-likeness (QED) is 0.712. The summed E-state index contributed by atoms with van der Waals surface area (Å²) < 4.78 is 0. The first kappa shape index (κ1) is 9.52. The van der Waals surface area contributed by atoms with Crippen molar-refractivity contribution in [1.82, 2.24) is 0 Å². The van der Waals surface area contributed by atoms with Crippen molar-refractivity contribution in [3.8, 4) is 5.75 Å². The summed E-state index contributed by atoms with van der Waals surface area (Å²) in [4.78, 5) is 11.1. The van der Waals surface area contributed by atoms with Gasteiger partial charge in [-0.2, -0.15) is 0 Å². The molecule has 0 aliphatic heterocycles. The molecule has 2 nitrogen and oxygen atoms in total. The zero-order valence-corrected chi connectivity index (χ0v) is 7.74. The summed E-state index contributed by atoms with van der Waals surface area (Å²) in [7, 11) is 0. The average molecular weight is 176 g/mol. The van der Waals surface area contributed by atoms with Crippen molar-refractivity contribution in [2.45, 2.75) is 13.8 Å². The van der Waals surface area contributed by atoms with Gasteiger partial charge in [-0.25, -0.2) is 0 Å². The minimum atomic E-state index is -0.350. The van der Waals surface area contributed by atoms with Crippen molar-refractivity contribution in [2.24, 2.45) is 0 Å². The van der Waals surface area contributed by atoms with Crippen LogP contribution in [0.15, 0.2) is 34.6 Å². The second-order valence-electron chi connectivity index (χ2n) is 3.11. The first-order valence-corrected chi connectivity index (χ1v) is 4.08. The Bertz CT molecular complexity index is 388. The summed E-state index contributed by atoms with van der Waals surface area (Å²) in [6, 6.07) is 6.40. The first-order valence-electron chi connectivity index (χ1n) is 4.08. The topological polar surface area (TPSA) is 37.3 Å². The number of allylic oxidation sites excluding steroid dienone is 1. The van der Waals surface area contributed by atoms with E-state index in [1.54, 1.807) is 24.3 Å². The molecular formula is C11H12O2. The molecule has 0 saturated heterocycles. The van der Waals surface area contributed by atoms with Crippen molar-refractivity contribution in [2.75, 3.05) is 0 Å². The fourth-order valence-electron chi connectivity index (χ4n) is 1.03. The van der Waals surface area contributed by atoms with Gasteiger partial charge in [0.05, 0.1) is 0 Å². The molecule has 1 N–H and O–H groups in total. The molecule has 0 heterocycles. The Hall–Kier alpha value is -1.57. The van der Waals surface area contributed by atoms with E-state index >= 15 is 0 Å². The maximum atomic E-state index is 11.1. The Labute approximate surface area is 77.2 Å². The van der Waals surface area contributed by atoms with E-state index in [9.17, 15) is 9.90 Å². The zero-order valence-electron chi connectivity index (χ0n) is 7.74. The van der Waals surface area contributed by atoms with Gasteiger partial charge in [0.2, 0.25) is 5.43 Å². The standard InChI is InChI=1S/C11H12O2/c1-8(2)7-9-5-3-4-6-10(12)11(9)13/h3-7H,1-2H3,(H,12,13). The van der Waals surface area contributed by atoms with E-state index in [0.717, 1.165) is 5.57 Å². The minimum Gasteiger partial charge on any atom is -0.504 e. The number of hydrogen-bond donors (Lipinski definition) is 1. The minimum absolute atomic E-state index is 0.189. The van der Waals surface area contributed by atoms with Gasteiger partial charge in [-0.1, -0.05) is 29.8 Å². The molecule has 13 heavy (non-hydrogen) atoms. The van der Waals surface area contributed by atoms with Crippen LogP contribution in [0.25, 0.3) is 6.08 Å². The molecule has 0 amide bonds. The molecule has 0 aromatic heterocycles. The van der Waals surface area contributed by atoms with Gasteiger partial charge in [0.15, 0.2) is 5.75 Å². The van der Waals surface area contributed by atoms with Gasteiger partial charge < -0.3 is 5.11 Å². The number of hydrogen-bond acceptors (Lipinski definition) is 2. The van der Waals surface area contributed by atoms with Crippen molar-refractivity contribution >= 4 is 6.08 Å². The Kier molecular flexibility index (Phi) is 2.85. The van der Waals surface area contributed by atoms with Crippen LogP contribution in [-0.2, 0) is 0 Å². The third kappa shape index (κ3) is 2.44. The van der Waals surface area contributed by atoms with Gasteiger partial charge in [-0.3, -0.25) is 4.79 Å². The van der Waals surface area contributed by atoms with Crippen LogP contribution in [0.5, 0.6) is 5.75 Å². The first-order chi connectivity index (χ1) is 6.11. The fraction of sp³-hybridized carbons (Fsp3) is 0.182. The van der Waals surface area contributed by atoms with Crippen LogP contribution in [0.3, 0.4) is 0 Å². The summed E-state index contributed by atoms with van der Waals surface area (Å²) in [5.74, 6) is -0.189. The molecule has 0 spiro atoms. The lowest BCUT2D eigenvalue weighted by molar-refractivity contribution is 0.469. The van der Waals surface area contributed by atoms with Crippen LogP contribution in [0, 0.1) is 0 Å². The highest BCUT2D eigenvalue weighted by Gasteiger charge is 1.98. The second-order valence-corrected chi connectivity index (χ2v) is 3.11. The summed E-state index contributed by atoms with van der Waals surface area (Å²) in [6.07, 6.45) is 1.77. The van der Waals surface area contributed by atoms with Crippen LogP contribution in [0.2, 0.25) is 0 Å². The molecule has 1 rings (SSSR count). The molecule has 0 bridgehead atoms. The van der Waals surface area contributed by atoms with E-state index < -0.39 is 0 Å².